The fraction of sp³-hybridized carbons (Fsp3) is 0.632. The summed E-state index contributed by atoms with van der Waals surface area (Å²) in [6, 6.07) is 9.89. The summed E-state index contributed by atoms with van der Waals surface area (Å²) in [6.45, 7) is 14.0. The molecule has 0 aliphatic carbocycles. The molecule has 1 aliphatic heterocycles. The molecular formula is C19H35N3O2. The van der Waals surface area contributed by atoms with Crippen LogP contribution in [0.2, 0.25) is 0 Å². The Morgan fingerprint density at radius 2 is 1.54 bits per heavy atom. The summed E-state index contributed by atoms with van der Waals surface area (Å²) in [5.41, 5.74) is 5.20. The molecule has 5 heteroatoms. The van der Waals surface area contributed by atoms with Gasteiger partial charge in [-0.05, 0) is 18.6 Å². The second-order valence-corrected chi connectivity index (χ2v) is 5.10. The number of piperazine rings is 1. The minimum atomic E-state index is -0.241. The van der Waals surface area contributed by atoms with Gasteiger partial charge in [0.15, 0.2) is 0 Å². The highest BCUT2D eigenvalue weighted by Crippen LogP contribution is 2.09. The highest BCUT2D eigenvalue weighted by molar-refractivity contribution is 5.75. The number of carbonyl (C=O) groups is 1. The third-order valence-electron chi connectivity index (χ3n) is 3.47. The number of hydrogen-bond donors (Lipinski definition) is 1. The first-order chi connectivity index (χ1) is 11.7. The molecule has 138 valence electrons. The second kappa shape index (κ2) is 15.0. The molecule has 0 atom stereocenters. The Balaban J connectivity index is 0.00000123. The molecule has 0 bridgehead atoms. The van der Waals surface area contributed by atoms with Gasteiger partial charge in [0.05, 0.1) is 13.2 Å². The van der Waals surface area contributed by atoms with Crippen molar-refractivity contribution in [2.75, 3.05) is 45.9 Å². The Bertz CT molecular complexity index is 404. The Kier molecular flexibility index (Phi) is 14.0. The van der Waals surface area contributed by atoms with Gasteiger partial charge in [0.2, 0.25) is 5.91 Å². The average molecular weight is 338 g/mol. The molecule has 1 aromatic rings. The summed E-state index contributed by atoms with van der Waals surface area (Å²) < 4.78 is 5.67. The zero-order valence-electron chi connectivity index (χ0n) is 15.8. The van der Waals surface area contributed by atoms with Crippen LogP contribution in [-0.2, 0) is 4.79 Å². The molecule has 0 spiro atoms. The monoisotopic (exact) mass is 337 g/mol. The Morgan fingerprint density at radius 1 is 1.00 bits per heavy atom. The van der Waals surface area contributed by atoms with Crippen LogP contribution in [0.1, 0.15) is 34.1 Å². The first-order valence-electron chi connectivity index (χ1n) is 9.15. The Labute approximate surface area is 147 Å². The quantitative estimate of drug-likeness (QED) is 0.777. The third kappa shape index (κ3) is 10.2. The molecule has 0 unspecified atom stereocenters. The van der Waals surface area contributed by atoms with E-state index < -0.39 is 0 Å². The van der Waals surface area contributed by atoms with Crippen LogP contribution in [0, 0.1) is 0 Å². The molecule has 1 heterocycles. The van der Waals surface area contributed by atoms with Crippen LogP contribution in [0.5, 0.6) is 5.75 Å². The lowest BCUT2D eigenvalue weighted by molar-refractivity contribution is -0.119. The summed E-state index contributed by atoms with van der Waals surface area (Å²) in [5.74, 6) is 0.688. The number of primary amides is 1. The maximum absolute atomic E-state index is 10.8. The Morgan fingerprint density at radius 3 is 2.08 bits per heavy atom. The third-order valence-corrected chi connectivity index (χ3v) is 3.47. The molecule has 1 aliphatic rings. The van der Waals surface area contributed by atoms with E-state index in [0.717, 1.165) is 51.5 Å². The van der Waals surface area contributed by atoms with Crippen LogP contribution in [-0.4, -0.2) is 61.6 Å². The topological polar surface area (TPSA) is 58.8 Å². The van der Waals surface area contributed by atoms with Gasteiger partial charge in [-0.1, -0.05) is 45.9 Å². The average Bonchev–Trinajstić information content (AvgIpc) is 2.64. The molecule has 0 radical (unpaired) electrons. The summed E-state index contributed by atoms with van der Waals surface area (Å²) in [7, 11) is 0. The van der Waals surface area contributed by atoms with Crippen LogP contribution in [0.15, 0.2) is 30.3 Å². The number of carbonyl (C=O) groups excluding carboxylic acids is 1. The van der Waals surface area contributed by atoms with Crippen molar-refractivity contribution in [3.63, 3.8) is 0 Å². The molecule has 24 heavy (non-hydrogen) atoms. The number of para-hydroxylation sites is 1. The molecule has 1 amide bonds. The number of benzene rings is 1. The lowest BCUT2D eigenvalue weighted by atomic mass is 10.3. The van der Waals surface area contributed by atoms with E-state index in [0.29, 0.717) is 6.54 Å². The maximum atomic E-state index is 10.8. The smallest absolute Gasteiger partial charge is 0.231 e. The predicted octanol–water partition coefficient (Wildman–Crippen LogP) is 2.61. The van der Waals surface area contributed by atoms with Crippen molar-refractivity contribution < 1.29 is 9.53 Å². The highest BCUT2D eigenvalue weighted by Gasteiger charge is 2.17. The van der Waals surface area contributed by atoms with Crippen LogP contribution >= 0.6 is 0 Å². The number of hydrogen-bond acceptors (Lipinski definition) is 4. The summed E-state index contributed by atoms with van der Waals surface area (Å²) in [5, 5.41) is 0. The van der Waals surface area contributed by atoms with E-state index in [-0.39, 0.29) is 5.91 Å². The number of rotatable bonds is 7. The summed E-state index contributed by atoms with van der Waals surface area (Å²) >= 11 is 0. The first kappa shape index (κ1) is 22.4. The van der Waals surface area contributed by atoms with Gasteiger partial charge in [-0.25, -0.2) is 0 Å². The van der Waals surface area contributed by atoms with E-state index in [1.165, 1.54) is 0 Å². The normalized spacial score (nSPS) is 14.7. The standard InChI is InChI=1S/C15H23N3O2.2C2H6/c16-15(19)13-18-10-8-17(9-11-18)7-4-12-20-14-5-2-1-3-6-14;2*1-2/h1-3,5-6H,4,7-13H2,(H2,16,19);2*1-2H3. The molecule has 1 aromatic carbocycles. The molecule has 2 N–H and O–H groups in total. The maximum Gasteiger partial charge on any atom is 0.231 e. The van der Waals surface area contributed by atoms with Crippen molar-refractivity contribution in [1.82, 2.24) is 9.80 Å². The van der Waals surface area contributed by atoms with Gasteiger partial charge < -0.3 is 15.4 Å². The van der Waals surface area contributed by atoms with Crippen LogP contribution in [0.3, 0.4) is 0 Å². The van der Waals surface area contributed by atoms with Gasteiger partial charge in [-0.15, -0.1) is 0 Å². The van der Waals surface area contributed by atoms with Crippen LogP contribution in [0.25, 0.3) is 0 Å². The van der Waals surface area contributed by atoms with Gasteiger partial charge in [-0.3, -0.25) is 9.69 Å². The van der Waals surface area contributed by atoms with Gasteiger partial charge >= 0.3 is 0 Å². The van der Waals surface area contributed by atoms with Gasteiger partial charge in [0, 0.05) is 32.7 Å². The SMILES string of the molecule is CC.CC.NC(=O)CN1CCN(CCCOc2ccccc2)CC1. The minimum absolute atomic E-state index is 0.241. The van der Waals surface area contributed by atoms with Crippen LogP contribution < -0.4 is 10.5 Å². The second-order valence-electron chi connectivity index (χ2n) is 5.10. The fourth-order valence-electron chi connectivity index (χ4n) is 2.39. The van der Waals surface area contributed by atoms with Crippen molar-refractivity contribution in [3.05, 3.63) is 30.3 Å². The van der Waals surface area contributed by atoms with Crippen molar-refractivity contribution in [3.8, 4) is 5.75 Å². The molecular weight excluding hydrogens is 302 g/mol. The largest absolute Gasteiger partial charge is 0.494 e. The lowest BCUT2D eigenvalue weighted by Gasteiger charge is -2.33. The van der Waals surface area contributed by atoms with E-state index in [2.05, 4.69) is 9.80 Å². The van der Waals surface area contributed by atoms with Gasteiger partial charge in [0.1, 0.15) is 5.75 Å². The predicted molar refractivity (Wildman–Crippen MR) is 101 cm³/mol. The van der Waals surface area contributed by atoms with Crippen molar-refractivity contribution in [1.29, 1.82) is 0 Å². The van der Waals surface area contributed by atoms with Crippen molar-refractivity contribution >= 4 is 5.91 Å². The van der Waals surface area contributed by atoms with E-state index in [1.807, 2.05) is 58.0 Å². The zero-order chi connectivity index (χ0) is 18.2. The molecule has 5 nitrogen and oxygen atoms in total. The lowest BCUT2D eigenvalue weighted by Crippen LogP contribution is -2.49. The van der Waals surface area contributed by atoms with E-state index in [1.54, 1.807) is 0 Å². The summed E-state index contributed by atoms with van der Waals surface area (Å²) in [6.07, 6.45) is 1.02. The van der Waals surface area contributed by atoms with E-state index in [4.69, 9.17) is 10.5 Å². The molecule has 2 rings (SSSR count). The number of ether oxygens (including phenoxy) is 1. The molecule has 1 fully saturated rings. The van der Waals surface area contributed by atoms with E-state index in [9.17, 15) is 4.79 Å². The minimum Gasteiger partial charge on any atom is -0.494 e. The molecule has 1 saturated heterocycles. The van der Waals surface area contributed by atoms with Gasteiger partial charge in [-0.2, -0.15) is 0 Å². The summed E-state index contributed by atoms with van der Waals surface area (Å²) in [4.78, 5) is 15.4. The van der Waals surface area contributed by atoms with Gasteiger partial charge in [0.25, 0.3) is 0 Å². The Hall–Kier alpha value is -1.59. The van der Waals surface area contributed by atoms with Crippen molar-refractivity contribution in [2.24, 2.45) is 5.73 Å². The van der Waals surface area contributed by atoms with Crippen molar-refractivity contribution in [2.45, 2.75) is 34.1 Å². The highest BCUT2D eigenvalue weighted by atomic mass is 16.5. The number of amides is 1. The zero-order valence-corrected chi connectivity index (χ0v) is 15.8. The first-order valence-corrected chi connectivity index (χ1v) is 9.15. The van der Waals surface area contributed by atoms with E-state index >= 15 is 0 Å². The number of nitrogens with zero attached hydrogens (tertiary/aromatic N) is 2. The molecule has 0 aromatic heterocycles. The van der Waals surface area contributed by atoms with Crippen LogP contribution in [0.4, 0.5) is 0 Å². The number of nitrogens with two attached hydrogens (primary N) is 1. The molecule has 0 saturated carbocycles. The fourth-order valence-corrected chi connectivity index (χ4v) is 2.39.